The number of carbonyl (C=O) groups is 1. The number of aliphatic hydroxyl groups is 5. The van der Waals surface area contributed by atoms with Gasteiger partial charge in [-0.15, -0.1) is 0 Å². The van der Waals surface area contributed by atoms with Gasteiger partial charge >= 0.3 is 5.97 Å². The molecular formula is C28H37O12P. The highest BCUT2D eigenvalue weighted by Gasteiger charge is 2.94. The van der Waals surface area contributed by atoms with Crippen LogP contribution in [-0.4, -0.2) is 103 Å². The number of cyclic esters (lactones) is 1. The number of aliphatic hydroxyl groups excluding tert-OH is 2. The van der Waals surface area contributed by atoms with Gasteiger partial charge in [-0.3, -0.25) is 0 Å². The first-order valence-corrected chi connectivity index (χ1v) is 16.1. The molecule has 16 atom stereocenters. The molecule has 14 unspecified atom stereocenters. The Labute approximate surface area is 237 Å². The third-order valence-corrected chi connectivity index (χ3v) is 16.0. The molecule has 5 N–H and O–H groups in total. The summed E-state index contributed by atoms with van der Waals surface area (Å²) in [5, 5.41) is 56.5. The van der Waals surface area contributed by atoms with Gasteiger partial charge in [-0.1, -0.05) is 13.8 Å². The molecule has 0 aromatic rings. The van der Waals surface area contributed by atoms with Crippen molar-refractivity contribution in [3.63, 3.8) is 0 Å². The van der Waals surface area contributed by atoms with Crippen molar-refractivity contribution < 1.29 is 58.8 Å². The highest BCUT2D eigenvalue weighted by molar-refractivity contribution is 7.58. The number of hydrogen-bond acceptors (Lipinski definition) is 12. The van der Waals surface area contributed by atoms with Crippen LogP contribution in [0.15, 0.2) is 11.6 Å². The molecule has 0 aromatic carbocycles. The summed E-state index contributed by atoms with van der Waals surface area (Å²) >= 11 is 0. The number of esters is 1. The molecule has 0 amide bonds. The molecule has 4 saturated heterocycles. The van der Waals surface area contributed by atoms with E-state index in [9.17, 15) is 30.3 Å². The molecule has 226 valence electrons. The number of hydrogen-bond donors (Lipinski definition) is 5. The van der Waals surface area contributed by atoms with Crippen LogP contribution in [0.4, 0.5) is 0 Å². The van der Waals surface area contributed by atoms with Crippen LogP contribution in [0.25, 0.3) is 0 Å². The molecule has 4 aliphatic carbocycles. The molecule has 1 spiro atoms. The molecule has 5 aliphatic heterocycles. The molecule has 41 heavy (non-hydrogen) atoms. The third kappa shape index (κ3) is 2.77. The second kappa shape index (κ2) is 7.72. The molecule has 5 heterocycles. The molecule has 13 heteroatoms. The maximum absolute atomic E-state index is 12.8. The normalized spacial score (nSPS) is 64.9. The minimum absolute atomic E-state index is 0.121. The van der Waals surface area contributed by atoms with Crippen molar-refractivity contribution in [1.82, 2.24) is 0 Å². The van der Waals surface area contributed by atoms with Crippen molar-refractivity contribution in [2.75, 3.05) is 6.61 Å². The van der Waals surface area contributed by atoms with Crippen molar-refractivity contribution in [2.45, 2.75) is 124 Å². The van der Waals surface area contributed by atoms with E-state index in [0.717, 1.165) is 5.57 Å². The zero-order valence-electron chi connectivity index (χ0n) is 23.0. The first-order chi connectivity index (χ1) is 19.3. The monoisotopic (exact) mass is 596 g/mol. The quantitative estimate of drug-likeness (QED) is 0.0993. The van der Waals surface area contributed by atoms with E-state index in [0.29, 0.717) is 32.1 Å². The van der Waals surface area contributed by atoms with Crippen LogP contribution in [0.5, 0.6) is 0 Å². The predicted octanol–water partition coefficient (Wildman–Crippen LogP) is 0.318. The summed E-state index contributed by atoms with van der Waals surface area (Å²) in [4.78, 5) is 17.9. The van der Waals surface area contributed by atoms with Gasteiger partial charge in [-0.2, -0.15) is 0 Å². The van der Waals surface area contributed by atoms with Crippen LogP contribution in [0.1, 0.15) is 58.8 Å². The summed E-state index contributed by atoms with van der Waals surface area (Å²) in [6.45, 7) is 4.30. The zero-order chi connectivity index (χ0) is 28.5. The smallest absolute Gasteiger partial charge is 0.331 e. The number of fused-ring (bicyclic) bond motifs is 4. The second-order valence-corrected chi connectivity index (χ2v) is 16.8. The van der Waals surface area contributed by atoms with E-state index in [1.54, 1.807) is 6.08 Å². The molecular weight excluding hydrogens is 559 g/mol. The topological polar surface area (TPSA) is 177 Å². The predicted molar refractivity (Wildman–Crippen MR) is 135 cm³/mol. The summed E-state index contributed by atoms with van der Waals surface area (Å²) < 4.78 is 28.3. The van der Waals surface area contributed by atoms with Crippen LogP contribution >= 0.6 is 8.15 Å². The Morgan fingerprint density at radius 2 is 1.85 bits per heavy atom. The van der Waals surface area contributed by atoms with Crippen molar-refractivity contribution in [3.8, 4) is 0 Å². The molecule has 4 saturated carbocycles. The van der Waals surface area contributed by atoms with E-state index in [1.165, 1.54) is 0 Å². The number of rotatable bonds is 3. The molecule has 9 rings (SSSR count). The number of ether oxygens (including phenoxy) is 4. The van der Waals surface area contributed by atoms with E-state index >= 15 is 0 Å². The van der Waals surface area contributed by atoms with Crippen molar-refractivity contribution >= 4 is 14.1 Å². The molecule has 0 aromatic heterocycles. The molecule has 12 nitrogen and oxygen atoms in total. The lowest BCUT2D eigenvalue weighted by molar-refractivity contribution is -0.328. The van der Waals surface area contributed by atoms with Gasteiger partial charge in [-0.05, 0) is 43.6 Å². The first-order valence-electron chi connectivity index (χ1n) is 14.8. The average molecular weight is 597 g/mol. The third-order valence-electron chi connectivity index (χ3n) is 13.1. The Kier molecular flexibility index (Phi) is 5.01. The van der Waals surface area contributed by atoms with Gasteiger partial charge in [0.25, 0.3) is 0 Å². The first kappa shape index (κ1) is 26.6. The zero-order valence-corrected chi connectivity index (χ0v) is 23.9. The Morgan fingerprint density at radius 1 is 1.05 bits per heavy atom. The molecule has 0 bridgehead atoms. The highest BCUT2D eigenvalue weighted by Crippen LogP contribution is 2.94. The van der Waals surface area contributed by atoms with Crippen LogP contribution in [-0.2, 0) is 33.3 Å². The van der Waals surface area contributed by atoms with Gasteiger partial charge in [0.2, 0.25) is 0 Å². The van der Waals surface area contributed by atoms with Crippen LogP contribution < -0.4 is 0 Å². The fourth-order valence-electron chi connectivity index (χ4n) is 11.4. The van der Waals surface area contributed by atoms with Crippen molar-refractivity contribution in [2.24, 2.45) is 22.7 Å². The maximum atomic E-state index is 12.8. The lowest BCUT2D eigenvalue weighted by Crippen LogP contribution is -2.87. The van der Waals surface area contributed by atoms with E-state index in [2.05, 4.69) is 6.92 Å². The van der Waals surface area contributed by atoms with E-state index in [-0.39, 0.29) is 31.3 Å². The highest BCUT2D eigenvalue weighted by atomic mass is 31.1. The van der Waals surface area contributed by atoms with Crippen LogP contribution in [0, 0.1) is 22.7 Å². The second-order valence-electron chi connectivity index (χ2n) is 14.6. The molecule has 9 aliphatic rings. The van der Waals surface area contributed by atoms with Gasteiger partial charge in [-0.25, -0.2) is 14.4 Å². The van der Waals surface area contributed by atoms with E-state index in [4.69, 9.17) is 28.5 Å². The summed E-state index contributed by atoms with van der Waals surface area (Å²) in [6, 6.07) is 0. The van der Waals surface area contributed by atoms with Gasteiger partial charge in [0, 0.05) is 35.7 Å². The molecule has 0 radical (unpaired) electrons. The number of epoxide rings is 1. The summed E-state index contributed by atoms with van der Waals surface area (Å²) in [5.41, 5.74) is -3.05. The van der Waals surface area contributed by atoms with Gasteiger partial charge in [0.05, 0.1) is 22.5 Å². The molecule has 8 fully saturated rings. The van der Waals surface area contributed by atoms with Gasteiger partial charge in [0.1, 0.15) is 44.5 Å². The SMILES string of the molecule is CC12C[C@@]3(O)[C@H]4C(C)(CCC5(O)CC(OC6OC7OC7C(O)C6O)CC6OOP3C645)C1(O)CCC2C1=CC(=O)OC1. The Morgan fingerprint density at radius 3 is 2.61 bits per heavy atom. The average Bonchev–Trinajstić information content (AvgIpc) is 3.29. The maximum Gasteiger partial charge on any atom is 0.331 e. The summed E-state index contributed by atoms with van der Waals surface area (Å²) in [5.74, 6) is -0.956. The van der Waals surface area contributed by atoms with Crippen molar-refractivity contribution in [1.29, 1.82) is 0 Å². The van der Waals surface area contributed by atoms with Gasteiger partial charge < -0.3 is 44.5 Å². The fraction of sp³-hybridized carbons (Fsp3) is 0.893. The lowest BCUT2D eigenvalue weighted by Gasteiger charge is -2.81. The standard InChI is InChI=1S/C28H37O12P/c1-23-5-6-25(32)9-13(36-20-18(31)17(30)19-21(37-19)38-20)8-15-28(25)22(23)26(33,41(28)40-39-15)11-24(2)14(3-4-27(23,24)34)12-7-16(29)35-10-12/h7,13-15,17-22,30-34H,3-6,8-11H2,1-2H3/t13?,14?,15?,17?,18?,19?,20?,21?,22-,23?,24?,25?,26+,27?,28?,41?/m1/s1. The Balaban J connectivity index is 1.07. The van der Waals surface area contributed by atoms with Gasteiger partial charge in [0.15, 0.2) is 12.6 Å². The lowest BCUT2D eigenvalue weighted by atomic mass is 9.38. The van der Waals surface area contributed by atoms with E-state index < -0.39 is 89.7 Å². The largest absolute Gasteiger partial charge is 0.458 e. The minimum atomic E-state index is -1.67. The van der Waals surface area contributed by atoms with Crippen molar-refractivity contribution in [3.05, 3.63) is 11.6 Å². The van der Waals surface area contributed by atoms with Crippen LogP contribution in [0.2, 0.25) is 0 Å². The fourth-order valence-corrected chi connectivity index (χ4v) is 15.2. The minimum Gasteiger partial charge on any atom is -0.458 e. The van der Waals surface area contributed by atoms with Crippen LogP contribution in [0.3, 0.4) is 0 Å². The van der Waals surface area contributed by atoms with E-state index in [1.807, 2.05) is 6.92 Å². The summed E-state index contributed by atoms with van der Waals surface area (Å²) in [7, 11) is -1.67. The Hall–Kier alpha value is -0.760. The Bertz CT molecular complexity index is 1260. The number of carbonyl (C=O) groups excluding carboxylic acids is 1. The summed E-state index contributed by atoms with van der Waals surface area (Å²) in [6.07, 6.45) is -1.43.